The third-order valence-electron chi connectivity index (χ3n) is 3.73. The number of rotatable bonds is 5. The molecule has 2 aromatic rings. The van der Waals surface area contributed by atoms with Crippen molar-refractivity contribution in [2.75, 3.05) is 30.9 Å². The van der Waals surface area contributed by atoms with Gasteiger partial charge in [0.05, 0.1) is 12.9 Å². The molecule has 2 aromatic heterocycles. The van der Waals surface area contributed by atoms with Gasteiger partial charge in [0, 0.05) is 0 Å². The topological polar surface area (TPSA) is 166 Å². The van der Waals surface area contributed by atoms with Crippen LogP contribution in [-0.4, -0.2) is 78.3 Å². The summed E-state index contributed by atoms with van der Waals surface area (Å²) in [6.45, 7) is 0.444. The minimum Gasteiger partial charge on any atom is -0.394 e. The molecular formula is C14H24N6O4S. The van der Waals surface area contributed by atoms with Crippen LogP contribution in [0.3, 0.4) is 0 Å². The Morgan fingerprint density at radius 2 is 2.04 bits per heavy atom. The van der Waals surface area contributed by atoms with Crippen molar-refractivity contribution in [3.05, 3.63) is 12.7 Å². The predicted molar refractivity (Wildman–Crippen MR) is 94.8 cm³/mol. The minimum atomic E-state index is -1.19. The molecule has 1 aliphatic rings. The van der Waals surface area contributed by atoms with Gasteiger partial charge >= 0.3 is 0 Å². The van der Waals surface area contributed by atoms with Crippen molar-refractivity contribution in [3.63, 3.8) is 0 Å². The van der Waals surface area contributed by atoms with Crippen molar-refractivity contribution >= 4 is 28.7 Å². The molecule has 0 bridgehead atoms. The van der Waals surface area contributed by atoms with Crippen LogP contribution in [0.2, 0.25) is 0 Å². The summed E-state index contributed by atoms with van der Waals surface area (Å²) in [4.78, 5) is 11.9. The van der Waals surface area contributed by atoms with E-state index in [4.69, 9.17) is 21.3 Å². The molecule has 0 spiro atoms. The summed E-state index contributed by atoms with van der Waals surface area (Å²) < 4.78 is 6.85. The second kappa shape index (κ2) is 9.27. The standard InChI is InChI=1S/C10H13N5O4.C4H11NS/c11-8-5-9(13-2-12-8)15(3-14-5)10-7(18)6(17)4(1-16)19-10;1-6-4-2-3-5/h2-4,6-7,10,16-18H,1H2,(H2,11,12,13);2-5H2,1H3/t4-,6-,7-,10-;/m1./s1. The number of aliphatic hydroxyl groups excluding tert-OH is 3. The molecule has 140 valence electrons. The van der Waals surface area contributed by atoms with Gasteiger partial charge in [0.15, 0.2) is 17.7 Å². The minimum absolute atomic E-state index is 0.218. The normalized spacial score (nSPS) is 25.8. The number of hydrogen-bond donors (Lipinski definition) is 5. The number of aromatic nitrogens is 4. The van der Waals surface area contributed by atoms with Gasteiger partial charge in [-0.1, -0.05) is 0 Å². The van der Waals surface area contributed by atoms with Crippen LogP contribution >= 0.6 is 11.8 Å². The molecular weight excluding hydrogens is 348 g/mol. The van der Waals surface area contributed by atoms with E-state index in [1.807, 2.05) is 11.8 Å². The van der Waals surface area contributed by atoms with E-state index in [1.165, 1.54) is 23.0 Å². The Bertz CT molecular complexity index is 668. The Labute approximate surface area is 149 Å². The van der Waals surface area contributed by atoms with Gasteiger partial charge in [-0.15, -0.1) is 0 Å². The molecule has 3 heterocycles. The van der Waals surface area contributed by atoms with E-state index in [0.29, 0.717) is 11.2 Å². The number of nitrogens with two attached hydrogens (primary N) is 2. The second-order valence-electron chi connectivity index (χ2n) is 5.45. The molecule has 0 aliphatic carbocycles. The molecule has 25 heavy (non-hydrogen) atoms. The smallest absolute Gasteiger partial charge is 0.167 e. The Hall–Kier alpha value is -1.50. The summed E-state index contributed by atoms with van der Waals surface area (Å²) in [5.74, 6) is 1.42. The highest BCUT2D eigenvalue weighted by Gasteiger charge is 2.43. The third kappa shape index (κ3) is 4.37. The van der Waals surface area contributed by atoms with Gasteiger partial charge in [0.25, 0.3) is 0 Å². The molecule has 0 saturated carbocycles. The molecule has 0 amide bonds. The molecule has 10 nitrogen and oxygen atoms in total. The van der Waals surface area contributed by atoms with Gasteiger partial charge < -0.3 is 31.5 Å². The largest absolute Gasteiger partial charge is 0.394 e. The van der Waals surface area contributed by atoms with Crippen LogP contribution in [0.15, 0.2) is 12.7 Å². The molecule has 1 saturated heterocycles. The van der Waals surface area contributed by atoms with Crippen LogP contribution in [0.5, 0.6) is 0 Å². The first kappa shape index (κ1) is 19.8. The molecule has 0 aromatic carbocycles. The Balaban J connectivity index is 0.000000326. The van der Waals surface area contributed by atoms with Gasteiger partial charge in [-0.2, -0.15) is 11.8 Å². The number of anilines is 1. The summed E-state index contributed by atoms with van der Waals surface area (Å²) in [5, 5.41) is 28.7. The lowest BCUT2D eigenvalue weighted by molar-refractivity contribution is -0.0511. The summed E-state index contributed by atoms with van der Waals surface area (Å²) >= 11 is 1.85. The number of ether oxygens (including phenoxy) is 1. The van der Waals surface area contributed by atoms with Gasteiger partial charge in [0.1, 0.15) is 30.2 Å². The molecule has 1 fully saturated rings. The van der Waals surface area contributed by atoms with Gasteiger partial charge in [-0.25, -0.2) is 15.0 Å². The maximum atomic E-state index is 9.95. The summed E-state index contributed by atoms with van der Waals surface area (Å²) in [6.07, 6.45) is 1.82. The van der Waals surface area contributed by atoms with Crippen molar-refractivity contribution < 1.29 is 20.1 Å². The van der Waals surface area contributed by atoms with E-state index in [1.54, 1.807) is 0 Å². The van der Waals surface area contributed by atoms with Crippen molar-refractivity contribution in [3.8, 4) is 0 Å². The fraction of sp³-hybridized carbons (Fsp3) is 0.643. The number of aliphatic hydroxyl groups is 3. The average Bonchev–Trinajstić information content (AvgIpc) is 3.17. The summed E-state index contributed by atoms with van der Waals surface area (Å²) in [5.41, 5.74) is 11.6. The predicted octanol–water partition coefficient (Wildman–Crippen LogP) is -1.28. The van der Waals surface area contributed by atoms with Gasteiger partial charge in [-0.3, -0.25) is 4.57 Å². The van der Waals surface area contributed by atoms with E-state index in [2.05, 4.69) is 21.2 Å². The molecule has 11 heteroatoms. The van der Waals surface area contributed by atoms with Crippen molar-refractivity contribution in [1.29, 1.82) is 0 Å². The summed E-state index contributed by atoms with van der Waals surface area (Å²) in [6, 6.07) is 0. The Morgan fingerprint density at radius 3 is 2.60 bits per heavy atom. The number of imidazole rings is 1. The van der Waals surface area contributed by atoms with Crippen LogP contribution in [-0.2, 0) is 4.74 Å². The Morgan fingerprint density at radius 1 is 1.28 bits per heavy atom. The highest BCUT2D eigenvalue weighted by molar-refractivity contribution is 7.98. The van der Waals surface area contributed by atoms with Crippen molar-refractivity contribution in [2.45, 2.75) is 31.0 Å². The number of nitrogens with zero attached hydrogens (tertiary/aromatic N) is 4. The maximum absolute atomic E-state index is 9.95. The van der Waals surface area contributed by atoms with Crippen LogP contribution < -0.4 is 11.5 Å². The highest BCUT2D eigenvalue weighted by Crippen LogP contribution is 2.31. The molecule has 3 rings (SSSR count). The zero-order chi connectivity index (χ0) is 18.4. The van der Waals surface area contributed by atoms with Crippen molar-refractivity contribution in [2.24, 2.45) is 5.73 Å². The number of hydrogen-bond acceptors (Lipinski definition) is 10. The van der Waals surface area contributed by atoms with Crippen LogP contribution in [0.25, 0.3) is 11.2 Å². The van der Waals surface area contributed by atoms with Crippen LogP contribution in [0.4, 0.5) is 5.82 Å². The van der Waals surface area contributed by atoms with E-state index in [-0.39, 0.29) is 5.82 Å². The van der Waals surface area contributed by atoms with Crippen molar-refractivity contribution in [1.82, 2.24) is 19.5 Å². The quantitative estimate of drug-likeness (QED) is 0.399. The third-order valence-corrected chi connectivity index (χ3v) is 4.43. The van der Waals surface area contributed by atoms with Gasteiger partial charge in [-0.05, 0) is 25.0 Å². The first-order chi connectivity index (χ1) is 12.0. The molecule has 1 aliphatic heterocycles. The first-order valence-corrected chi connectivity index (χ1v) is 9.19. The second-order valence-corrected chi connectivity index (χ2v) is 6.43. The number of thioether (sulfide) groups is 1. The van der Waals surface area contributed by atoms with E-state index >= 15 is 0 Å². The monoisotopic (exact) mass is 372 g/mol. The molecule has 4 atom stereocenters. The van der Waals surface area contributed by atoms with Crippen LogP contribution in [0.1, 0.15) is 12.6 Å². The SMILES string of the molecule is CSCCCN.Nc1ncnc2c1ncn2[C@@H]1O[C@H](CO)[C@@H](O)[C@H]1O. The fourth-order valence-corrected chi connectivity index (χ4v) is 2.85. The zero-order valence-electron chi connectivity index (χ0n) is 13.9. The van der Waals surface area contributed by atoms with E-state index in [0.717, 1.165) is 13.0 Å². The van der Waals surface area contributed by atoms with E-state index < -0.39 is 31.1 Å². The molecule has 7 N–H and O–H groups in total. The zero-order valence-corrected chi connectivity index (χ0v) is 14.7. The first-order valence-electron chi connectivity index (χ1n) is 7.79. The summed E-state index contributed by atoms with van der Waals surface area (Å²) in [7, 11) is 0. The number of fused-ring (bicyclic) bond motifs is 1. The lowest BCUT2D eigenvalue weighted by atomic mass is 10.1. The maximum Gasteiger partial charge on any atom is 0.167 e. The highest BCUT2D eigenvalue weighted by atomic mass is 32.2. The lowest BCUT2D eigenvalue weighted by Gasteiger charge is -2.16. The molecule has 0 radical (unpaired) electrons. The van der Waals surface area contributed by atoms with E-state index in [9.17, 15) is 10.2 Å². The molecule has 0 unspecified atom stereocenters. The van der Waals surface area contributed by atoms with Gasteiger partial charge in [0.2, 0.25) is 0 Å². The Kier molecular flexibility index (Phi) is 7.35. The number of nitrogen functional groups attached to an aromatic ring is 1. The lowest BCUT2D eigenvalue weighted by Crippen LogP contribution is -2.33. The van der Waals surface area contributed by atoms with Crippen LogP contribution in [0, 0.1) is 0 Å². The fourth-order valence-electron chi connectivity index (χ4n) is 2.39. The average molecular weight is 372 g/mol.